The van der Waals surface area contributed by atoms with Crippen molar-refractivity contribution in [1.82, 2.24) is 9.61 Å². The fourth-order valence-electron chi connectivity index (χ4n) is 4.33. The molecule has 0 aliphatic heterocycles. The summed E-state index contributed by atoms with van der Waals surface area (Å²) in [5.74, 6) is -0.697. The Hall–Kier alpha value is -2.80. The Morgan fingerprint density at radius 2 is 1.94 bits per heavy atom. The van der Waals surface area contributed by atoms with Crippen LogP contribution in [0.5, 0.6) is 5.88 Å². The van der Waals surface area contributed by atoms with Crippen molar-refractivity contribution in [2.75, 3.05) is 0 Å². The number of hydrogen-bond acceptors (Lipinski definition) is 4. The van der Waals surface area contributed by atoms with Crippen LogP contribution in [0.4, 0.5) is 8.78 Å². The smallest absolute Gasteiger partial charge is 0.215 e. The molecule has 1 aliphatic rings. The van der Waals surface area contributed by atoms with E-state index >= 15 is 0 Å². The molecule has 0 amide bonds. The molecule has 1 aliphatic carbocycles. The van der Waals surface area contributed by atoms with E-state index in [1.807, 2.05) is 19.9 Å². The lowest BCUT2D eigenvalue weighted by atomic mass is 9.89. The molecule has 0 spiro atoms. The van der Waals surface area contributed by atoms with E-state index in [1.165, 1.54) is 18.2 Å². The topological polar surface area (TPSA) is 69.6 Å². The maximum Gasteiger partial charge on any atom is 0.215 e. The van der Waals surface area contributed by atoms with Gasteiger partial charge < -0.3 is 10.5 Å². The molecule has 2 aromatic heterocycles. The molecule has 1 fully saturated rings. The second-order valence-electron chi connectivity index (χ2n) is 9.52. The Morgan fingerprint density at radius 1 is 1.24 bits per heavy atom. The van der Waals surface area contributed by atoms with Gasteiger partial charge in [0.2, 0.25) is 5.88 Å². The predicted molar refractivity (Wildman–Crippen MR) is 124 cm³/mol. The third kappa shape index (κ3) is 5.08. The van der Waals surface area contributed by atoms with Crippen LogP contribution >= 0.6 is 0 Å². The molecule has 1 unspecified atom stereocenters. The van der Waals surface area contributed by atoms with Crippen molar-refractivity contribution in [3.8, 4) is 5.88 Å². The molecule has 1 saturated carbocycles. The van der Waals surface area contributed by atoms with Crippen LogP contribution in [0.15, 0.2) is 30.3 Å². The van der Waals surface area contributed by atoms with Crippen molar-refractivity contribution in [2.45, 2.75) is 77.4 Å². The lowest BCUT2D eigenvalue weighted by molar-refractivity contribution is 0.0971. The van der Waals surface area contributed by atoms with Gasteiger partial charge in [-0.2, -0.15) is 5.10 Å². The Morgan fingerprint density at radius 3 is 2.58 bits per heavy atom. The first kappa shape index (κ1) is 23.4. The van der Waals surface area contributed by atoms with E-state index in [9.17, 15) is 13.6 Å². The van der Waals surface area contributed by atoms with Crippen LogP contribution in [-0.2, 0) is 6.61 Å². The van der Waals surface area contributed by atoms with E-state index in [2.05, 4.69) is 6.92 Å². The number of benzene rings is 1. The Bertz CT molecular complexity index is 1160. The van der Waals surface area contributed by atoms with Gasteiger partial charge in [0, 0.05) is 23.9 Å². The normalized spacial score (nSPS) is 15.6. The van der Waals surface area contributed by atoms with E-state index < -0.39 is 11.6 Å². The number of nitrogens with zero attached hydrogens (tertiary/aromatic N) is 2. The van der Waals surface area contributed by atoms with Crippen molar-refractivity contribution >= 4 is 11.3 Å². The minimum Gasteiger partial charge on any atom is -0.473 e. The summed E-state index contributed by atoms with van der Waals surface area (Å²) in [5.41, 5.74) is 8.77. The number of hydrogen-bond donors (Lipinski definition) is 1. The van der Waals surface area contributed by atoms with Gasteiger partial charge in [-0.05, 0) is 63.3 Å². The molecular weight excluding hydrogens is 424 g/mol. The number of carbonyl (C=O) groups is 1. The Balaban J connectivity index is 1.68. The van der Waals surface area contributed by atoms with E-state index in [0.717, 1.165) is 36.9 Å². The first-order valence-electron chi connectivity index (χ1n) is 11.6. The summed E-state index contributed by atoms with van der Waals surface area (Å²) >= 11 is 0. The maximum absolute atomic E-state index is 14.1. The summed E-state index contributed by atoms with van der Waals surface area (Å²) < 4.78 is 35.6. The molecule has 2 N–H and O–H groups in total. The number of aryl methyl sites for hydroxylation is 1. The number of halogens is 2. The fraction of sp³-hybridized carbons (Fsp3) is 0.462. The standard InChI is InChI=1S/C26H31F2N3O2/c1-4-11-26(3,29)12-10-22(32)24-21-13-16(2)14-23(31(21)30-25(24)17-8-9-17)33-15-18-19(27)6-5-7-20(18)28/h5-7,13-14,17H,4,8-12,15,29H2,1-3H3. The fourth-order valence-corrected chi connectivity index (χ4v) is 4.33. The highest BCUT2D eigenvalue weighted by molar-refractivity contribution is 6.04. The highest BCUT2D eigenvalue weighted by Gasteiger charge is 2.34. The number of Topliss-reactive ketones (excluding diaryl/α,β-unsaturated/α-hetero) is 1. The molecule has 1 aromatic carbocycles. The molecule has 1 atom stereocenters. The van der Waals surface area contributed by atoms with Gasteiger partial charge in [-0.25, -0.2) is 13.3 Å². The number of ether oxygens (including phenoxy) is 1. The molecule has 0 saturated heterocycles. The third-order valence-electron chi connectivity index (χ3n) is 6.29. The highest BCUT2D eigenvalue weighted by atomic mass is 19.1. The maximum atomic E-state index is 14.1. The number of aromatic nitrogens is 2. The summed E-state index contributed by atoms with van der Waals surface area (Å²) in [7, 11) is 0. The van der Waals surface area contributed by atoms with Crippen molar-refractivity contribution in [1.29, 1.82) is 0 Å². The quantitative estimate of drug-likeness (QED) is 0.389. The molecule has 176 valence electrons. The Labute approximate surface area is 192 Å². The average molecular weight is 456 g/mol. The molecule has 3 aromatic rings. The van der Waals surface area contributed by atoms with Crippen LogP contribution in [0.1, 0.15) is 85.5 Å². The predicted octanol–water partition coefficient (Wildman–Crippen LogP) is 5.86. The second kappa shape index (κ2) is 9.21. The average Bonchev–Trinajstić information content (AvgIpc) is 3.52. The van der Waals surface area contributed by atoms with E-state index in [0.29, 0.717) is 29.8 Å². The number of fused-ring (bicyclic) bond motifs is 1. The summed E-state index contributed by atoms with van der Waals surface area (Å²) in [4.78, 5) is 13.4. The molecule has 0 radical (unpaired) electrons. The zero-order chi connectivity index (χ0) is 23.8. The van der Waals surface area contributed by atoms with E-state index in [1.54, 1.807) is 10.6 Å². The van der Waals surface area contributed by atoms with Gasteiger partial charge in [0.1, 0.15) is 18.2 Å². The summed E-state index contributed by atoms with van der Waals surface area (Å²) in [6.07, 6.45) is 4.75. The molecule has 0 bridgehead atoms. The van der Waals surface area contributed by atoms with Gasteiger partial charge in [-0.1, -0.05) is 19.4 Å². The van der Waals surface area contributed by atoms with Crippen LogP contribution in [0.2, 0.25) is 0 Å². The van der Waals surface area contributed by atoms with E-state index in [4.69, 9.17) is 15.6 Å². The largest absolute Gasteiger partial charge is 0.473 e. The SMILES string of the molecule is CCCC(C)(N)CCC(=O)c1c(C2CC2)nn2c(OCc3c(F)cccc3F)cc(C)cc12. The Kier molecular flexibility index (Phi) is 6.52. The van der Waals surface area contributed by atoms with Gasteiger partial charge in [-0.3, -0.25) is 4.79 Å². The molecule has 4 rings (SSSR count). The summed E-state index contributed by atoms with van der Waals surface area (Å²) in [6, 6.07) is 7.40. The zero-order valence-electron chi connectivity index (χ0n) is 19.5. The number of rotatable bonds is 10. The molecular formula is C26H31F2N3O2. The summed E-state index contributed by atoms with van der Waals surface area (Å²) in [6.45, 7) is 5.69. The van der Waals surface area contributed by atoms with Gasteiger partial charge in [0.05, 0.1) is 22.3 Å². The lowest BCUT2D eigenvalue weighted by Crippen LogP contribution is -2.36. The van der Waals surface area contributed by atoms with Gasteiger partial charge in [0.15, 0.2) is 5.78 Å². The first-order valence-corrected chi connectivity index (χ1v) is 11.6. The van der Waals surface area contributed by atoms with Crippen LogP contribution in [0, 0.1) is 18.6 Å². The van der Waals surface area contributed by atoms with Crippen LogP contribution < -0.4 is 10.5 Å². The minimum atomic E-state index is -0.661. The minimum absolute atomic E-state index is 0.0244. The first-order chi connectivity index (χ1) is 15.7. The van der Waals surface area contributed by atoms with Crippen LogP contribution in [-0.4, -0.2) is 20.9 Å². The lowest BCUT2D eigenvalue weighted by Gasteiger charge is -2.23. The summed E-state index contributed by atoms with van der Waals surface area (Å²) in [5, 5.41) is 4.73. The molecule has 2 heterocycles. The van der Waals surface area contributed by atoms with Crippen molar-refractivity contribution in [3.05, 3.63) is 64.4 Å². The number of nitrogens with two attached hydrogens (primary N) is 1. The monoisotopic (exact) mass is 455 g/mol. The van der Waals surface area contributed by atoms with Gasteiger partial charge in [-0.15, -0.1) is 0 Å². The second-order valence-corrected chi connectivity index (χ2v) is 9.52. The number of ketones is 1. The van der Waals surface area contributed by atoms with Crippen molar-refractivity contribution in [3.63, 3.8) is 0 Å². The zero-order valence-corrected chi connectivity index (χ0v) is 19.5. The highest BCUT2D eigenvalue weighted by Crippen LogP contribution is 2.43. The third-order valence-corrected chi connectivity index (χ3v) is 6.29. The van der Waals surface area contributed by atoms with Crippen molar-refractivity contribution in [2.24, 2.45) is 5.73 Å². The molecule has 7 heteroatoms. The van der Waals surface area contributed by atoms with Gasteiger partial charge >= 0.3 is 0 Å². The van der Waals surface area contributed by atoms with E-state index in [-0.39, 0.29) is 29.4 Å². The number of pyridine rings is 1. The molecule has 33 heavy (non-hydrogen) atoms. The van der Waals surface area contributed by atoms with Crippen molar-refractivity contribution < 1.29 is 18.3 Å². The van der Waals surface area contributed by atoms with Crippen LogP contribution in [0.3, 0.4) is 0 Å². The van der Waals surface area contributed by atoms with Gasteiger partial charge in [0.25, 0.3) is 0 Å². The molecule has 5 nitrogen and oxygen atoms in total. The van der Waals surface area contributed by atoms with Crippen LogP contribution in [0.25, 0.3) is 5.52 Å². The number of carbonyl (C=O) groups excluding carboxylic acids is 1.